The molecule has 0 aliphatic rings. The van der Waals surface area contributed by atoms with Gasteiger partial charge in [0.05, 0.1) is 11.9 Å². The van der Waals surface area contributed by atoms with Gasteiger partial charge in [0, 0.05) is 15.7 Å². The van der Waals surface area contributed by atoms with Gasteiger partial charge in [-0.2, -0.15) is 0 Å². The van der Waals surface area contributed by atoms with Crippen molar-refractivity contribution in [3.05, 3.63) is 34.9 Å². The van der Waals surface area contributed by atoms with Gasteiger partial charge in [-0.25, -0.2) is 8.42 Å². The third-order valence-electron chi connectivity index (χ3n) is 1.59. The summed E-state index contributed by atoms with van der Waals surface area (Å²) in [6, 6.07) is 6.33. The van der Waals surface area contributed by atoms with Gasteiger partial charge in [-0.05, 0) is 17.7 Å². The highest BCUT2D eigenvalue weighted by atomic mass is 35.7. The summed E-state index contributed by atoms with van der Waals surface area (Å²) in [5.74, 6) is -0.519. The largest absolute Gasteiger partial charge is 0.387 e. The van der Waals surface area contributed by atoms with Crippen molar-refractivity contribution in [2.45, 2.75) is 6.10 Å². The summed E-state index contributed by atoms with van der Waals surface area (Å²) in [5, 5.41) is 9.90. The van der Waals surface area contributed by atoms with Gasteiger partial charge < -0.3 is 5.11 Å². The second-order valence-corrected chi connectivity index (χ2v) is 6.03. The molecule has 1 N–H and O–H groups in total. The maximum absolute atomic E-state index is 10.7. The molecule has 78 valence electrons. The van der Waals surface area contributed by atoms with E-state index >= 15 is 0 Å². The van der Waals surface area contributed by atoms with Gasteiger partial charge in [-0.3, -0.25) is 0 Å². The van der Waals surface area contributed by atoms with E-state index in [0.717, 1.165) is 0 Å². The zero-order valence-corrected chi connectivity index (χ0v) is 9.35. The zero-order chi connectivity index (χ0) is 10.8. The fourth-order valence-corrected chi connectivity index (χ4v) is 2.12. The predicted octanol–water partition coefficient (Wildman–Crippen LogP) is 1.94. The van der Waals surface area contributed by atoms with Crippen molar-refractivity contribution in [1.82, 2.24) is 0 Å². The Morgan fingerprint density at radius 2 is 2.07 bits per heavy atom. The Balaban J connectivity index is 2.85. The maximum atomic E-state index is 10.7. The zero-order valence-electron chi connectivity index (χ0n) is 7.02. The lowest BCUT2D eigenvalue weighted by Crippen LogP contribution is -2.09. The van der Waals surface area contributed by atoms with E-state index < -0.39 is 20.9 Å². The van der Waals surface area contributed by atoms with Crippen molar-refractivity contribution in [2.75, 3.05) is 5.75 Å². The van der Waals surface area contributed by atoms with Crippen molar-refractivity contribution in [1.29, 1.82) is 0 Å². The molecule has 1 aromatic carbocycles. The smallest absolute Gasteiger partial charge is 0.235 e. The van der Waals surface area contributed by atoms with Crippen LogP contribution in [0.2, 0.25) is 5.02 Å². The standard InChI is InChI=1S/C8H8Cl2O3S/c9-7-3-1-2-6(4-7)8(11)5-14(10,12)13/h1-4,8,11H,5H2. The molecule has 0 amide bonds. The molecule has 1 aromatic rings. The Bertz CT molecular complexity index is 416. The van der Waals surface area contributed by atoms with Crippen LogP contribution in [0.25, 0.3) is 0 Å². The minimum atomic E-state index is -3.71. The molecule has 1 atom stereocenters. The first kappa shape index (κ1) is 11.8. The summed E-state index contributed by atoms with van der Waals surface area (Å²) >= 11 is 5.67. The molecule has 0 saturated carbocycles. The highest BCUT2D eigenvalue weighted by Gasteiger charge is 2.16. The lowest BCUT2D eigenvalue weighted by Gasteiger charge is -2.08. The van der Waals surface area contributed by atoms with Gasteiger partial charge in [0.25, 0.3) is 0 Å². The van der Waals surface area contributed by atoms with Crippen LogP contribution in [0.15, 0.2) is 24.3 Å². The number of rotatable bonds is 3. The van der Waals surface area contributed by atoms with Gasteiger partial charge in [0.1, 0.15) is 0 Å². The Hall–Kier alpha value is -0.290. The van der Waals surface area contributed by atoms with Crippen molar-refractivity contribution < 1.29 is 13.5 Å². The molecule has 0 fully saturated rings. The van der Waals surface area contributed by atoms with Crippen LogP contribution in [0.1, 0.15) is 11.7 Å². The number of aliphatic hydroxyl groups is 1. The van der Waals surface area contributed by atoms with Gasteiger partial charge in [0.2, 0.25) is 9.05 Å². The molecule has 0 spiro atoms. The first-order chi connectivity index (χ1) is 6.38. The fourth-order valence-electron chi connectivity index (χ4n) is 0.999. The van der Waals surface area contributed by atoms with Crippen molar-refractivity contribution in [3.8, 4) is 0 Å². The summed E-state index contributed by atoms with van der Waals surface area (Å²) in [6.07, 6.45) is -1.14. The Labute approximate surface area is 91.7 Å². The molecule has 3 nitrogen and oxygen atoms in total. The van der Waals surface area contributed by atoms with Crippen LogP contribution in [0.4, 0.5) is 0 Å². The predicted molar refractivity (Wildman–Crippen MR) is 56.1 cm³/mol. The molecule has 0 heterocycles. The van der Waals surface area contributed by atoms with E-state index in [1.807, 2.05) is 0 Å². The lowest BCUT2D eigenvalue weighted by atomic mass is 10.1. The van der Waals surface area contributed by atoms with Crippen LogP contribution >= 0.6 is 22.3 Å². The maximum Gasteiger partial charge on any atom is 0.235 e. The Morgan fingerprint density at radius 3 is 2.57 bits per heavy atom. The second kappa shape index (κ2) is 4.49. The third kappa shape index (κ3) is 3.84. The average molecular weight is 255 g/mol. The molecular weight excluding hydrogens is 247 g/mol. The van der Waals surface area contributed by atoms with E-state index in [0.29, 0.717) is 10.6 Å². The van der Waals surface area contributed by atoms with Gasteiger partial charge in [0.15, 0.2) is 0 Å². The van der Waals surface area contributed by atoms with E-state index in [-0.39, 0.29) is 0 Å². The van der Waals surface area contributed by atoms with Crippen LogP contribution in [-0.2, 0) is 9.05 Å². The van der Waals surface area contributed by atoms with Gasteiger partial charge in [-0.1, -0.05) is 23.7 Å². The highest BCUT2D eigenvalue weighted by molar-refractivity contribution is 8.13. The molecule has 0 aliphatic heterocycles. The SMILES string of the molecule is O=S(=O)(Cl)CC(O)c1cccc(Cl)c1. The van der Waals surface area contributed by atoms with Crippen molar-refractivity contribution in [3.63, 3.8) is 0 Å². The number of aliphatic hydroxyl groups excluding tert-OH is 1. The van der Waals surface area contributed by atoms with Crippen LogP contribution in [-0.4, -0.2) is 19.3 Å². The lowest BCUT2D eigenvalue weighted by molar-refractivity contribution is 0.202. The third-order valence-corrected chi connectivity index (χ3v) is 2.92. The monoisotopic (exact) mass is 254 g/mol. The van der Waals surface area contributed by atoms with Crippen molar-refractivity contribution >= 4 is 31.3 Å². The Morgan fingerprint density at radius 1 is 1.43 bits per heavy atom. The molecule has 0 aliphatic carbocycles. The summed E-state index contributed by atoms with van der Waals surface area (Å²) in [5.41, 5.74) is 0.432. The quantitative estimate of drug-likeness (QED) is 0.840. The first-order valence-electron chi connectivity index (χ1n) is 3.74. The van der Waals surface area contributed by atoms with Crippen LogP contribution in [0.5, 0.6) is 0 Å². The van der Waals surface area contributed by atoms with E-state index in [1.165, 1.54) is 6.07 Å². The first-order valence-corrected chi connectivity index (χ1v) is 6.60. The minimum absolute atomic E-state index is 0.432. The minimum Gasteiger partial charge on any atom is -0.387 e. The number of hydrogen-bond donors (Lipinski definition) is 1. The van der Waals surface area contributed by atoms with E-state index in [9.17, 15) is 13.5 Å². The fraction of sp³-hybridized carbons (Fsp3) is 0.250. The van der Waals surface area contributed by atoms with E-state index in [4.69, 9.17) is 22.3 Å². The van der Waals surface area contributed by atoms with Gasteiger partial charge in [-0.15, -0.1) is 0 Å². The van der Waals surface area contributed by atoms with E-state index in [1.54, 1.807) is 18.2 Å². The normalized spacial score (nSPS) is 13.9. The molecule has 1 rings (SSSR count). The molecule has 14 heavy (non-hydrogen) atoms. The molecule has 6 heteroatoms. The molecule has 0 aromatic heterocycles. The van der Waals surface area contributed by atoms with Crippen LogP contribution < -0.4 is 0 Å². The topological polar surface area (TPSA) is 54.4 Å². The molecule has 0 saturated heterocycles. The summed E-state index contributed by atoms with van der Waals surface area (Å²) < 4.78 is 21.3. The number of benzene rings is 1. The van der Waals surface area contributed by atoms with Crippen molar-refractivity contribution in [2.24, 2.45) is 0 Å². The second-order valence-electron chi connectivity index (χ2n) is 2.78. The molecular formula is C8H8Cl2O3S. The summed E-state index contributed by atoms with van der Waals surface area (Å²) in [6.45, 7) is 0. The van der Waals surface area contributed by atoms with Crippen LogP contribution in [0.3, 0.4) is 0 Å². The van der Waals surface area contributed by atoms with Gasteiger partial charge >= 0.3 is 0 Å². The molecule has 1 unspecified atom stereocenters. The highest BCUT2D eigenvalue weighted by Crippen LogP contribution is 2.19. The number of halogens is 2. The number of hydrogen-bond acceptors (Lipinski definition) is 3. The molecule has 0 bridgehead atoms. The summed E-state index contributed by atoms with van der Waals surface area (Å²) in [4.78, 5) is 0. The van der Waals surface area contributed by atoms with E-state index in [2.05, 4.69) is 0 Å². The summed E-state index contributed by atoms with van der Waals surface area (Å²) in [7, 11) is 1.29. The molecule has 0 radical (unpaired) electrons. The Kier molecular flexibility index (Phi) is 3.78. The van der Waals surface area contributed by atoms with Crippen LogP contribution in [0, 0.1) is 0 Å². The average Bonchev–Trinajstić information content (AvgIpc) is 2.01.